The van der Waals surface area contributed by atoms with Crippen LogP contribution < -0.4 is 5.73 Å². The molecule has 0 radical (unpaired) electrons. The number of nitrogens with two attached hydrogens (primary N) is 1. The predicted octanol–water partition coefficient (Wildman–Crippen LogP) is 0.329. The number of oxime groups is 1. The summed E-state index contributed by atoms with van der Waals surface area (Å²) >= 11 is 0. The molecule has 2 aliphatic heterocycles. The van der Waals surface area contributed by atoms with Crippen LogP contribution in [0.2, 0.25) is 0 Å². The van der Waals surface area contributed by atoms with Gasteiger partial charge in [0.25, 0.3) is 0 Å². The van der Waals surface area contributed by atoms with Crippen LogP contribution in [0.3, 0.4) is 0 Å². The number of carbonyl (C=O) groups excluding carboxylic acids is 1. The van der Waals surface area contributed by atoms with Gasteiger partial charge in [0.2, 0.25) is 5.91 Å². The molecule has 1 amide bonds. The molecular formula is C13H23N3O4S. The van der Waals surface area contributed by atoms with Gasteiger partial charge in [-0.25, -0.2) is 8.42 Å². The molecule has 2 fully saturated rings. The Balaban J connectivity index is 2.04. The topological polar surface area (TPSA) is 113 Å². The van der Waals surface area contributed by atoms with Crippen molar-refractivity contribution in [3.05, 3.63) is 0 Å². The van der Waals surface area contributed by atoms with Gasteiger partial charge >= 0.3 is 0 Å². The third-order valence-electron chi connectivity index (χ3n) is 4.76. The Kier molecular flexibility index (Phi) is 4.46. The summed E-state index contributed by atoms with van der Waals surface area (Å²) in [6.45, 7) is 2.77. The van der Waals surface area contributed by atoms with Gasteiger partial charge in [-0.2, -0.15) is 0 Å². The van der Waals surface area contributed by atoms with E-state index in [1.54, 1.807) is 4.90 Å². The monoisotopic (exact) mass is 317 g/mol. The van der Waals surface area contributed by atoms with Gasteiger partial charge in [-0.15, -0.1) is 0 Å². The Morgan fingerprint density at radius 3 is 2.48 bits per heavy atom. The Hall–Kier alpha value is -1.31. The molecule has 120 valence electrons. The van der Waals surface area contributed by atoms with Crippen LogP contribution in [0.5, 0.6) is 0 Å². The molecule has 3 N–H and O–H groups in total. The maximum atomic E-state index is 12.5. The van der Waals surface area contributed by atoms with Crippen LogP contribution in [0.25, 0.3) is 0 Å². The SMILES string of the molecule is CC1(C(N)=NO)CCN(C(=O)C2CCCCS2(=O)=O)CC1. The highest BCUT2D eigenvalue weighted by Gasteiger charge is 2.41. The van der Waals surface area contributed by atoms with Crippen molar-refractivity contribution in [3.63, 3.8) is 0 Å². The fraction of sp³-hybridized carbons (Fsp3) is 0.846. The van der Waals surface area contributed by atoms with Crippen LogP contribution >= 0.6 is 0 Å². The Bertz CT molecular complexity index is 536. The van der Waals surface area contributed by atoms with Crippen LogP contribution in [0.15, 0.2) is 5.16 Å². The molecule has 2 heterocycles. The summed E-state index contributed by atoms with van der Waals surface area (Å²) in [5.74, 6) is -0.00448. The lowest BCUT2D eigenvalue weighted by Gasteiger charge is -2.39. The number of hydrogen-bond donors (Lipinski definition) is 2. The van der Waals surface area contributed by atoms with E-state index < -0.39 is 20.5 Å². The van der Waals surface area contributed by atoms with Gasteiger partial charge in [0, 0.05) is 18.5 Å². The number of sulfone groups is 1. The third-order valence-corrected chi connectivity index (χ3v) is 6.92. The van der Waals surface area contributed by atoms with E-state index >= 15 is 0 Å². The minimum Gasteiger partial charge on any atom is -0.409 e. The molecule has 21 heavy (non-hydrogen) atoms. The first kappa shape index (κ1) is 16.1. The van der Waals surface area contributed by atoms with E-state index in [2.05, 4.69) is 5.16 Å². The van der Waals surface area contributed by atoms with Crippen LogP contribution in [-0.4, -0.2) is 54.4 Å². The second-order valence-electron chi connectivity index (χ2n) is 6.22. The zero-order chi connectivity index (χ0) is 15.7. The molecule has 2 saturated heterocycles. The lowest BCUT2D eigenvalue weighted by molar-refractivity contribution is -0.132. The fourth-order valence-electron chi connectivity index (χ4n) is 3.03. The summed E-state index contributed by atoms with van der Waals surface area (Å²) in [4.78, 5) is 14.1. The first-order valence-corrected chi connectivity index (χ1v) is 9.00. The summed E-state index contributed by atoms with van der Waals surface area (Å²) in [7, 11) is -3.30. The average Bonchev–Trinajstić information content (AvgIpc) is 2.46. The first-order chi connectivity index (χ1) is 9.80. The van der Waals surface area contributed by atoms with Gasteiger partial charge < -0.3 is 15.8 Å². The van der Waals surface area contributed by atoms with E-state index in [0.29, 0.717) is 38.8 Å². The number of rotatable bonds is 2. The molecule has 1 unspecified atom stereocenters. The Labute approximate surface area is 125 Å². The van der Waals surface area contributed by atoms with Crippen molar-refractivity contribution < 1.29 is 18.4 Å². The summed E-state index contributed by atoms with van der Waals surface area (Å²) in [6.07, 6.45) is 3.00. The molecule has 1 atom stereocenters. The summed E-state index contributed by atoms with van der Waals surface area (Å²) < 4.78 is 24.1. The molecule has 0 spiro atoms. The second-order valence-corrected chi connectivity index (χ2v) is 8.53. The molecule has 7 nitrogen and oxygen atoms in total. The van der Waals surface area contributed by atoms with Crippen LogP contribution in [0.4, 0.5) is 0 Å². The van der Waals surface area contributed by atoms with Gasteiger partial charge in [0.1, 0.15) is 11.1 Å². The maximum Gasteiger partial charge on any atom is 0.240 e. The maximum absolute atomic E-state index is 12.5. The number of piperidine rings is 1. The highest BCUT2D eigenvalue weighted by atomic mass is 32.2. The molecule has 0 saturated carbocycles. The van der Waals surface area contributed by atoms with Gasteiger partial charge in [0.15, 0.2) is 9.84 Å². The molecule has 0 bridgehead atoms. The van der Waals surface area contributed by atoms with Crippen molar-refractivity contribution in [1.29, 1.82) is 0 Å². The molecule has 0 aromatic heterocycles. The van der Waals surface area contributed by atoms with Crippen molar-refractivity contribution in [2.24, 2.45) is 16.3 Å². The molecule has 0 aromatic rings. The predicted molar refractivity (Wildman–Crippen MR) is 78.8 cm³/mol. The van der Waals surface area contributed by atoms with Crippen molar-refractivity contribution in [2.45, 2.75) is 44.3 Å². The van der Waals surface area contributed by atoms with Crippen molar-refractivity contribution in [3.8, 4) is 0 Å². The largest absolute Gasteiger partial charge is 0.409 e. The molecule has 0 aromatic carbocycles. The average molecular weight is 317 g/mol. The number of amides is 1. The van der Waals surface area contributed by atoms with Crippen LogP contribution in [0, 0.1) is 5.41 Å². The standard InChI is InChI=1S/C13H23N3O4S/c1-13(12(14)15-18)5-7-16(8-6-13)11(17)10-4-2-3-9-21(10,19)20/h10,18H,2-9H2,1H3,(H2,14,15). The number of carbonyl (C=O) groups is 1. The normalized spacial score (nSPS) is 29.1. The van der Waals surface area contributed by atoms with Gasteiger partial charge in [-0.05, 0) is 25.7 Å². The van der Waals surface area contributed by atoms with Crippen molar-refractivity contribution in [1.82, 2.24) is 4.90 Å². The van der Waals surface area contributed by atoms with E-state index in [1.807, 2.05) is 6.92 Å². The quantitative estimate of drug-likeness (QED) is 0.330. The lowest BCUT2D eigenvalue weighted by Crippen LogP contribution is -2.52. The first-order valence-electron chi connectivity index (χ1n) is 7.28. The molecular weight excluding hydrogens is 294 g/mol. The number of likely N-dealkylation sites (tertiary alicyclic amines) is 1. The number of hydrogen-bond acceptors (Lipinski definition) is 5. The molecule has 0 aliphatic carbocycles. The van der Waals surface area contributed by atoms with Crippen molar-refractivity contribution in [2.75, 3.05) is 18.8 Å². The van der Waals surface area contributed by atoms with E-state index in [9.17, 15) is 13.2 Å². The van der Waals surface area contributed by atoms with Gasteiger partial charge in [-0.1, -0.05) is 18.5 Å². The lowest BCUT2D eigenvalue weighted by atomic mass is 9.79. The zero-order valence-electron chi connectivity index (χ0n) is 12.3. The van der Waals surface area contributed by atoms with Gasteiger partial charge in [0.05, 0.1) is 5.75 Å². The smallest absolute Gasteiger partial charge is 0.240 e. The van der Waals surface area contributed by atoms with Crippen molar-refractivity contribution >= 4 is 21.6 Å². The summed E-state index contributed by atoms with van der Waals surface area (Å²) in [5.41, 5.74) is 5.26. The van der Waals surface area contributed by atoms with Gasteiger partial charge in [-0.3, -0.25) is 4.79 Å². The number of nitrogens with zero attached hydrogens (tertiary/aromatic N) is 2. The molecule has 2 aliphatic rings. The summed E-state index contributed by atoms with van der Waals surface area (Å²) in [6, 6.07) is 0. The zero-order valence-corrected chi connectivity index (χ0v) is 13.1. The third kappa shape index (κ3) is 3.14. The number of amidine groups is 1. The molecule has 2 rings (SSSR count). The van der Waals surface area contributed by atoms with Crippen LogP contribution in [-0.2, 0) is 14.6 Å². The van der Waals surface area contributed by atoms with E-state index in [4.69, 9.17) is 10.9 Å². The molecule has 8 heteroatoms. The highest BCUT2D eigenvalue weighted by molar-refractivity contribution is 7.92. The minimum absolute atomic E-state index is 0.110. The Morgan fingerprint density at radius 1 is 1.33 bits per heavy atom. The van der Waals surface area contributed by atoms with E-state index in [-0.39, 0.29) is 17.5 Å². The Morgan fingerprint density at radius 2 is 1.95 bits per heavy atom. The van der Waals surface area contributed by atoms with E-state index in [1.165, 1.54) is 0 Å². The van der Waals surface area contributed by atoms with E-state index in [0.717, 1.165) is 6.42 Å². The summed E-state index contributed by atoms with van der Waals surface area (Å²) in [5, 5.41) is 11.0. The van der Waals surface area contributed by atoms with Crippen LogP contribution in [0.1, 0.15) is 39.0 Å². The highest BCUT2D eigenvalue weighted by Crippen LogP contribution is 2.32. The fourth-order valence-corrected chi connectivity index (χ4v) is 4.91. The second kappa shape index (κ2) is 5.82. The minimum atomic E-state index is -3.30.